The molecule has 29 heavy (non-hydrogen) atoms. The molecule has 156 valence electrons. The van der Waals surface area contributed by atoms with E-state index in [-0.39, 0.29) is 6.61 Å². The lowest BCUT2D eigenvalue weighted by atomic mass is 10.1. The van der Waals surface area contributed by atoms with Gasteiger partial charge < -0.3 is 21.1 Å². The summed E-state index contributed by atoms with van der Waals surface area (Å²) in [5.74, 6) is 0.819. The summed E-state index contributed by atoms with van der Waals surface area (Å²) >= 11 is 12.1. The molecule has 2 rings (SSSR count). The molecule has 0 spiro atoms. The van der Waals surface area contributed by atoms with Crippen molar-refractivity contribution in [2.75, 3.05) is 19.7 Å². The van der Waals surface area contributed by atoms with Crippen LogP contribution < -0.4 is 21.1 Å². The van der Waals surface area contributed by atoms with E-state index in [4.69, 9.17) is 33.7 Å². The van der Waals surface area contributed by atoms with E-state index >= 15 is 0 Å². The maximum Gasteiger partial charge on any atom is 0.255 e. The molecule has 0 unspecified atom stereocenters. The van der Waals surface area contributed by atoms with Gasteiger partial charge in [0, 0.05) is 23.1 Å². The van der Waals surface area contributed by atoms with E-state index in [0.717, 1.165) is 43.0 Å². The number of hydrogen-bond donors (Lipinski definition) is 3. The normalized spacial score (nSPS) is 11.2. The van der Waals surface area contributed by atoms with Gasteiger partial charge in [0.1, 0.15) is 5.75 Å². The molecule has 0 bridgehead atoms. The summed E-state index contributed by atoms with van der Waals surface area (Å²) in [4.78, 5) is 15.4. The van der Waals surface area contributed by atoms with Crippen molar-refractivity contribution in [1.29, 1.82) is 0 Å². The van der Waals surface area contributed by atoms with Crippen LogP contribution in [0.25, 0.3) is 0 Å². The molecule has 6 nitrogen and oxygen atoms in total. The third kappa shape index (κ3) is 8.62. The van der Waals surface area contributed by atoms with Crippen molar-refractivity contribution in [2.45, 2.75) is 26.3 Å². The fourth-order valence-corrected chi connectivity index (χ4v) is 3.11. The van der Waals surface area contributed by atoms with Gasteiger partial charge in [0.2, 0.25) is 0 Å². The van der Waals surface area contributed by atoms with Crippen LogP contribution in [0.15, 0.2) is 47.5 Å². The van der Waals surface area contributed by atoms with Crippen molar-refractivity contribution in [3.63, 3.8) is 0 Å². The number of nitrogens with two attached hydrogens (primary N) is 1. The number of aryl methyl sites for hydroxylation is 1. The topological polar surface area (TPSA) is 88.7 Å². The molecule has 0 aromatic heterocycles. The van der Waals surface area contributed by atoms with Crippen LogP contribution in [0.3, 0.4) is 0 Å². The first-order valence-electron chi connectivity index (χ1n) is 9.44. The first-order valence-corrected chi connectivity index (χ1v) is 10.2. The van der Waals surface area contributed by atoms with Crippen molar-refractivity contribution in [3.8, 4) is 5.75 Å². The SMILES string of the molecule is CCNC(=NCc1cccc(OCC(N)=O)c1)NCCCc1ccc(Cl)cc1Cl. The van der Waals surface area contributed by atoms with Crippen LogP contribution in [0.2, 0.25) is 10.0 Å². The highest BCUT2D eigenvalue weighted by Gasteiger charge is 2.03. The van der Waals surface area contributed by atoms with Crippen LogP contribution in [0.1, 0.15) is 24.5 Å². The molecule has 0 atom stereocenters. The Morgan fingerprint density at radius 1 is 1.17 bits per heavy atom. The molecule has 0 heterocycles. The molecule has 0 aliphatic carbocycles. The lowest BCUT2D eigenvalue weighted by Gasteiger charge is -2.12. The minimum Gasteiger partial charge on any atom is -0.484 e. The quantitative estimate of drug-likeness (QED) is 0.301. The van der Waals surface area contributed by atoms with E-state index in [1.54, 1.807) is 12.1 Å². The number of halogens is 2. The Morgan fingerprint density at radius 2 is 2.00 bits per heavy atom. The lowest BCUT2D eigenvalue weighted by molar-refractivity contribution is -0.119. The van der Waals surface area contributed by atoms with E-state index in [1.165, 1.54) is 0 Å². The third-order valence-corrected chi connectivity index (χ3v) is 4.56. The molecule has 0 saturated heterocycles. The second kappa shape index (κ2) is 12.2. The van der Waals surface area contributed by atoms with E-state index in [2.05, 4.69) is 15.6 Å². The van der Waals surface area contributed by atoms with E-state index in [9.17, 15) is 4.79 Å². The third-order valence-electron chi connectivity index (χ3n) is 3.97. The highest BCUT2D eigenvalue weighted by atomic mass is 35.5. The summed E-state index contributed by atoms with van der Waals surface area (Å²) in [6.45, 7) is 3.87. The van der Waals surface area contributed by atoms with Crippen LogP contribution in [-0.4, -0.2) is 31.6 Å². The molecule has 8 heteroatoms. The Bertz CT molecular complexity index is 843. The number of benzene rings is 2. The van der Waals surface area contributed by atoms with Crippen LogP contribution in [0.5, 0.6) is 5.75 Å². The summed E-state index contributed by atoms with van der Waals surface area (Å²) < 4.78 is 5.33. The first kappa shape index (κ1) is 22.8. The Morgan fingerprint density at radius 3 is 2.72 bits per heavy atom. The van der Waals surface area contributed by atoms with E-state index < -0.39 is 5.91 Å². The van der Waals surface area contributed by atoms with Gasteiger partial charge in [-0.1, -0.05) is 41.4 Å². The summed E-state index contributed by atoms with van der Waals surface area (Å²) in [7, 11) is 0. The van der Waals surface area contributed by atoms with Gasteiger partial charge >= 0.3 is 0 Å². The van der Waals surface area contributed by atoms with Crippen molar-refractivity contribution in [2.24, 2.45) is 10.7 Å². The maximum absolute atomic E-state index is 10.8. The second-order valence-corrected chi connectivity index (χ2v) is 7.21. The van der Waals surface area contributed by atoms with Gasteiger partial charge in [-0.25, -0.2) is 4.99 Å². The van der Waals surface area contributed by atoms with Crippen molar-refractivity contribution >= 4 is 35.1 Å². The zero-order valence-electron chi connectivity index (χ0n) is 16.4. The molecular formula is C21H26Cl2N4O2. The van der Waals surface area contributed by atoms with Crippen LogP contribution in [0.4, 0.5) is 0 Å². The van der Waals surface area contributed by atoms with Crippen LogP contribution in [0, 0.1) is 0 Å². The molecule has 0 fully saturated rings. The smallest absolute Gasteiger partial charge is 0.255 e. The average molecular weight is 437 g/mol. The monoisotopic (exact) mass is 436 g/mol. The number of nitrogens with one attached hydrogen (secondary N) is 2. The molecule has 2 aromatic carbocycles. The summed E-state index contributed by atoms with van der Waals surface area (Å²) in [5.41, 5.74) is 7.15. The standard InChI is InChI=1S/C21H26Cl2N4O2/c1-2-25-21(26-10-4-6-16-8-9-17(22)12-19(16)23)27-13-15-5-3-7-18(11-15)29-14-20(24)28/h3,5,7-9,11-12H,2,4,6,10,13-14H2,1H3,(H2,24,28)(H2,25,26,27). The number of hydrogen-bond acceptors (Lipinski definition) is 3. The number of amides is 1. The fourth-order valence-electron chi connectivity index (χ4n) is 2.61. The zero-order valence-corrected chi connectivity index (χ0v) is 17.9. The lowest BCUT2D eigenvalue weighted by Crippen LogP contribution is -2.37. The van der Waals surface area contributed by atoms with Crippen molar-refractivity contribution in [1.82, 2.24) is 10.6 Å². The van der Waals surface area contributed by atoms with Gasteiger partial charge in [-0.15, -0.1) is 0 Å². The number of nitrogens with zero attached hydrogens (tertiary/aromatic N) is 1. The molecule has 4 N–H and O–H groups in total. The maximum atomic E-state index is 10.8. The summed E-state index contributed by atoms with van der Waals surface area (Å²) in [6, 6.07) is 13.0. The summed E-state index contributed by atoms with van der Waals surface area (Å²) in [5, 5.41) is 7.88. The average Bonchev–Trinajstić information content (AvgIpc) is 2.69. The Balaban J connectivity index is 1.86. The van der Waals surface area contributed by atoms with Crippen molar-refractivity contribution in [3.05, 3.63) is 63.6 Å². The minimum atomic E-state index is -0.507. The van der Waals surface area contributed by atoms with Crippen LogP contribution >= 0.6 is 23.2 Å². The fraction of sp³-hybridized carbons (Fsp3) is 0.333. The van der Waals surface area contributed by atoms with Gasteiger partial charge in [0.25, 0.3) is 5.91 Å². The molecule has 2 aromatic rings. The Kier molecular flexibility index (Phi) is 9.60. The summed E-state index contributed by atoms with van der Waals surface area (Å²) in [6.07, 6.45) is 1.75. The van der Waals surface area contributed by atoms with Crippen molar-refractivity contribution < 1.29 is 9.53 Å². The second-order valence-electron chi connectivity index (χ2n) is 6.36. The van der Waals surface area contributed by atoms with E-state index in [1.807, 2.05) is 37.3 Å². The van der Waals surface area contributed by atoms with Gasteiger partial charge in [0.15, 0.2) is 12.6 Å². The number of aliphatic imine (C=N–C) groups is 1. The molecule has 0 aliphatic rings. The number of carbonyl (C=O) groups is 1. The molecule has 1 amide bonds. The zero-order chi connectivity index (χ0) is 21.1. The molecule has 0 radical (unpaired) electrons. The Labute approximate surface area is 181 Å². The van der Waals surface area contributed by atoms with E-state index in [0.29, 0.717) is 22.3 Å². The van der Waals surface area contributed by atoms with Gasteiger partial charge in [0.05, 0.1) is 6.54 Å². The predicted octanol–water partition coefficient (Wildman–Crippen LogP) is 3.55. The molecule has 0 aliphatic heterocycles. The minimum absolute atomic E-state index is 0.144. The number of rotatable bonds is 10. The molecular weight excluding hydrogens is 411 g/mol. The Hall–Kier alpha value is -2.44. The number of primary amides is 1. The van der Waals surface area contributed by atoms with Crippen LogP contribution in [-0.2, 0) is 17.8 Å². The van der Waals surface area contributed by atoms with Gasteiger partial charge in [-0.05, 0) is 55.2 Å². The number of guanidine groups is 1. The van der Waals surface area contributed by atoms with Gasteiger partial charge in [-0.3, -0.25) is 4.79 Å². The molecule has 0 saturated carbocycles. The largest absolute Gasteiger partial charge is 0.484 e. The predicted molar refractivity (Wildman–Crippen MR) is 119 cm³/mol. The number of carbonyl (C=O) groups excluding carboxylic acids is 1. The van der Waals surface area contributed by atoms with Gasteiger partial charge in [-0.2, -0.15) is 0 Å². The first-order chi connectivity index (χ1) is 14.0. The highest BCUT2D eigenvalue weighted by molar-refractivity contribution is 6.35. The number of ether oxygens (including phenoxy) is 1. The highest BCUT2D eigenvalue weighted by Crippen LogP contribution is 2.21.